The molecule has 2 aliphatic rings. The van der Waals surface area contributed by atoms with Crippen LogP contribution in [0.15, 0.2) is 79.3 Å². The number of pyridine rings is 1. The van der Waals surface area contributed by atoms with Gasteiger partial charge < -0.3 is 10.6 Å². The van der Waals surface area contributed by atoms with Crippen LogP contribution < -0.4 is 10.6 Å². The van der Waals surface area contributed by atoms with E-state index in [4.69, 9.17) is 0 Å². The minimum atomic E-state index is -0.140. The average Bonchev–Trinajstić information content (AvgIpc) is 2.93. The highest BCUT2D eigenvalue weighted by Gasteiger charge is 2.54. The molecule has 3 atom stereocenters. The van der Waals surface area contributed by atoms with Gasteiger partial charge in [-0.25, -0.2) is 9.97 Å². The fourth-order valence-corrected chi connectivity index (χ4v) is 5.55. The van der Waals surface area contributed by atoms with Crippen molar-refractivity contribution in [1.29, 1.82) is 0 Å². The van der Waals surface area contributed by atoms with Crippen molar-refractivity contribution >= 4 is 23.2 Å². The second-order valence-corrected chi connectivity index (χ2v) is 10.2. The van der Waals surface area contributed by atoms with Crippen LogP contribution in [0.4, 0.5) is 17.3 Å². The molecule has 8 nitrogen and oxygen atoms in total. The lowest BCUT2D eigenvalue weighted by molar-refractivity contribution is -0.158. The Balaban J connectivity index is 1.11. The molecule has 2 N–H and O–H groups in total. The van der Waals surface area contributed by atoms with Gasteiger partial charge in [-0.15, -0.1) is 0 Å². The number of aromatic nitrogens is 3. The van der Waals surface area contributed by atoms with Crippen molar-refractivity contribution in [2.75, 3.05) is 24.2 Å². The molecule has 38 heavy (non-hydrogen) atoms. The third kappa shape index (κ3) is 4.64. The van der Waals surface area contributed by atoms with Crippen molar-refractivity contribution in [3.63, 3.8) is 0 Å². The number of likely N-dealkylation sites (N-methyl/N-ethyl adjacent to an activating group) is 1. The highest BCUT2D eigenvalue weighted by atomic mass is 16.1. The predicted molar refractivity (Wildman–Crippen MR) is 149 cm³/mol. The van der Waals surface area contributed by atoms with Crippen LogP contribution in [0.25, 0.3) is 11.3 Å². The number of amides is 1. The number of hydrogen-bond donors (Lipinski definition) is 2. The summed E-state index contributed by atoms with van der Waals surface area (Å²) in [6, 6.07) is 21.3. The number of anilines is 3. The second kappa shape index (κ2) is 9.96. The van der Waals surface area contributed by atoms with E-state index in [-0.39, 0.29) is 5.91 Å². The first-order valence-corrected chi connectivity index (χ1v) is 12.9. The van der Waals surface area contributed by atoms with E-state index < -0.39 is 0 Å². The Hall–Kier alpha value is -4.14. The van der Waals surface area contributed by atoms with Crippen molar-refractivity contribution < 1.29 is 4.79 Å². The van der Waals surface area contributed by atoms with Gasteiger partial charge in [0.05, 0.1) is 5.69 Å². The summed E-state index contributed by atoms with van der Waals surface area (Å²) < 4.78 is 0. The normalized spacial score (nSPS) is 20.7. The molecule has 2 aliphatic heterocycles. The molecular formula is C30H31N7O. The minimum Gasteiger partial charge on any atom is -0.324 e. The SMILES string of the molecule is Cc1ccc(NC(=O)c2ccc(CN3C(C)C4C3CN4C)cc2)cc1Nc1nccc(-c2cccnc2)n1. The molecule has 2 fully saturated rings. The van der Waals surface area contributed by atoms with Gasteiger partial charge in [-0.05, 0) is 74.5 Å². The number of likely N-dealkylation sites (tertiary alicyclic amines) is 2. The van der Waals surface area contributed by atoms with Crippen LogP contribution >= 0.6 is 0 Å². The van der Waals surface area contributed by atoms with Gasteiger partial charge in [0.1, 0.15) is 0 Å². The Morgan fingerprint density at radius 1 is 1.08 bits per heavy atom. The number of benzene rings is 2. The first-order chi connectivity index (χ1) is 18.5. The van der Waals surface area contributed by atoms with E-state index in [9.17, 15) is 4.79 Å². The third-order valence-corrected chi connectivity index (χ3v) is 7.76. The van der Waals surface area contributed by atoms with E-state index in [2.05, 4.69) is 61.5 Å². The Morgan fingerprint density at radius 3 is 2.66 bits per heavy atom. The first kappa shape index (κ1) is 24.2. The zero-order chi connectivity index (χ0) is 26.2. The maximum atomic E-state index is 13.0. The van der Waals surface area contributed by atoms with Crippen LogP contribution in [0.3, 0.4) is 0 Å². The number of rotatable bonds is 7. The van der Waals surface area contributed by atoms with E-state index >= 15 is 0 Å². The molecule has 3 unspecified atom stereocenters. The fraction of sp³-hybridized carbons (Fsp3) is 0.267. The summed E-state index contributed by atoms with van der Waals surface area (Å²) in [6.07, 6.45) is 5.22. The standard InChI is InChI=1S/C30H31N7O/c1-19-6-11-24(15-26(19)35-30-32-14-12-25(34-30)23-5-4-13-31-16-23)33-29(38)22-9-7-21(8-10-22)17-37-20(2)28-27(37)18-36(28)3/h4-16,20,27-28H,17-18H2,1-3H3,(H,33,38)(H,32,34,35). The molecule has 0 spiro atoms. The second-order valence-electron chi connectivity index (χ2n) is 10.2. The number of nitrogens with zero attached hydrogens (tertiary/aromatic N) is 5. The van der Waals surface area contributed by atoms with E-state index in [1.54, 1.807) is 18.6 Å². The van der Waals surface area contributed by atoms with Crippen molar-refractivity contribution in [2.24, 2.45) is 0 Å². The van der Waals surface area contributed by atoms with Gasteiger partial charge in [-0.1, -0.05) is 18.2 Å². The minimum absolute atomic E-state index is 0.140. The topological polar surface area (TPSA) is 86.3 Å². The molecule has 0 saturated carbocycles. The third-order valence-electron chi connectivity index (χ3n) is 7.76. The van der Waals surface area contributed by atoms with E-state index in [0.29, 0.717) is 35.3 Å². The summed E-state index contributed by atoms with van der Waals surface area (Å²) >= 11 is 0. The van der Waals surface area contributed by atoms with Gasteiger partial charge in [-0.2, -0.15) is 0 Å². The number of carbonyl (C=O) groups excluding carboxylic acids is 1. The number of hydrogen-bond acceptors (Lipinski definition) is 7. The van der Waals surface area contributed by atoms with Crippen molar-refractivity contribution in [3.8, 4) is 11.3 Å². The van der Waals surface area contributed by atoms with E-state index in [1.165, 1.54) is 5.56 Å². The molecule has 2 aromatic heterocycles. The van der Waals surface area contributed by atoms with Gasteiger partial charge in [0.25, 0.3) is 5.91 Å². The molecule has 0 aliphatic carbocycles. The van der Waals surface area contributed by atoms with Gasteiger partial charge >= 0.3 is 0 Å². The van der Waals surface area contributed by atoms with Gasteiger partial charge in [0, 0.05) is 72.3 Å². The molecule has 4 aromatic rings. The summed E-state index contributed by atoms with van der Waals surface area (Å²) in [7, 11) is 2.20. The molecule has 2 saturated heterocycles. The number of aryl methyl sites for hydroxylation is 1. The lowest BCUT2D eigenvalue weighted by atomic mass is 9.78. The van der Waals surface area contributed by atoms with Crippen LogP contribution in [-0.2, 0) is 6.54 Å². The van der Waals surface area contributed by atoms with Crippen molar-refractivity contribution in [3.05, 3.63) is 95.9 Å². The fourth-order valence-electron chi connectivity index (χ4n) is 5.55. The molecule has 6 rings (SSSR count). The summed E-state index contributed by atoms with van der Waals surface area (Å²) in [6.45, 7) is 6.37. The highest BCUT2D eigenvalue weighted by Crippen LogP contribution is 2.38. The molecule has 0 bridgehead atoms. The van der Waals surface area contributed by atoms with Crippen LogP contribution in [0, 0.1) is 6.92 Å². The smallest absolute Gasteiger partial charge is 0.255 e. The van der Waals surface area contributed by atoms with Crippen LogP contribution in [0.5, 0.6) is 0 Å². The van der Waals surface area contributed by atoms with Crippen molar-refractivity contribution in [1.82, 2.24) is 24.8 Å². The Kier molecular flexibility index (Phi) is 6.35. The van der Waals surface area contributed by atoms with Crippen LogP contribution in [0.2, 0.25) is 0 Å². The molecule has 192 valence electrons. The number of nitrogens with one attached hydrogen (secondary N) is 2. The van der Waals surface area contributed by atoms with Crippen molar-refractivity contribution in [2.45, 2.75) is 38.5 Å². The Labute approximate surface area is 222 Å². The van der Waals surface area contributed by atoms with Gasteiger partial charge in [-0.3, -0.25) is 19.6 Å². The highest BCUT2D eigenvalue weighted by molar-refractivity contribution is 6.04. The lowest BCUT2D eigenvalue weighted by Gasteiger charge is -2.65. The molecule has 8 heteroatoms. The predicted octanol–water partition coefficient (Wildman–Crippen LogP) is 4.73. The van der Waals surface area contributed by atoms with Gasteiger partial charge in [0.2, 0.25) is 5.95 Å². The summed E-state index contributed by atoms with van der Waals surface area (Å²) in [5.41, 5.74) is 6.11. The number of piperazine rings is 1. The first-order valence-electron chi connectivity index (χ1n) is 12.9. The zero-order valence-corrected chi connectivity index (χ0v) is 21.8. The van der Waals surface area contributed by atoms with E-state index in [1.807, 2.05) is 55.5 Å². The summed E-state index contributed by atoms with van der Waals surface area (Å²) in [5.74, 6) is 0.337. The molecule has 4 heterocycles. The maximum Gasteiger partial charge on any atom is 0.255 e. The average molecular weight is 506 g/mol. The zero-order valence-electron chi connectivity index (χ0n) is 21.8. The quantitative estimate of drug-likeness (QED) is 0.376. The van der Waals surface area contributed by atoms with Crippen LogP contribution in [-0.4, -0.2) is 62.4 Å². The Morgan fingerprint density at radius 2 is 1.92 bits per heavy atom. The lowest BCUT2D eigenvalue weighted by Crippen LogP contribution is -2.81. The van der Waals surface area contributed by atoms with E-state index in [0.717, 1.165) is 35.6 Å². The molecule has 0 radical (unpaired) electrons. The van der Waals surface area contributed by atoms with Crippen LogP contribution in [0.1, 0.15) is 28.4 Å². The number of carbonyl (C=O) groups is 1. The Bertz CT molecular complexity index is 1450. The summed E-state index contributed by atoms with van der Waals surface area (Å²) in [5, 5.41) is 6.31. The number of fused-ring (bicyclic) bond motifs is 1. The maximum absolute atomic E-state index is 13.0. The monoisotopic (exact) mass is 505 g/mol. The molecular weight excluding hydrogens is 474 g/mol. The largest absolute Gasteiger partial charge is 0.324 e. The summed E-state index contributed by atoms with van der Waals surface area (Å²) in [4.78, 5) is 31.1. The molecule has 1 amide bonds. The van der Waals surface area contributed by atoms with Gasteiger partial charge in [0.15, 0.2) is 0 Å². The molecule has 2 aromatic carbocycles.